The lowest BCUT2D eigenvalue weighted by molar-refractivity contribution is -0.117. The van der Waals surface area contributed by atoms with Gasteiger partial charge in [0.1, 0.15) is 11.5 Å². The molecule has 6 nitrogen and oxygen atoms in total. The number of amides is 2. The van der Waals surface area contributed by atoms with Crippen molar-refractivity contribution in [3.63, 3.8) is 0 Å². The average Bonchev–Trinajstić information content (AvgIpc) is 3.15. The molecule has 0 aromatic heterocycles. The van der Waals surface area contributed by atoms with Crippen LogP contribution < -0.4 is 19.7 Å². The molecule has 15 heteroatoms. The number of carbonyl (C=O) groups excluding carboxylic acids is 2. The Kier molecular flexibility index (Phi) is 13.7. The van der Waals surface area contributed by atoms with Gasteiger partial charge in [0.15, 0.2) is 0 Å². The highest BCUT2D eigenvalue weighted by molar-refractivity contribution is 9.11. The minimum absolute atomic E-state index is 0.0216. The third-order valence-electron chi connectivity index (χ3n) is 4.64. The molecule has 0 saturated carbocycles. The van der Waals surface area contributed by atoms with E-state index in [1.54, 1.807) is 23.1 Å². The topological polar surface area (TPSA) is 67.9 Å². The van der Waals surface area contributed by atoms with Gasteiger partial charge in [-0.3, -0.25) is 9.59 Å². The van der Waals surface area contributed by atoms with Gasteiger partial charge in [-0.25, -0.2) is 0 Å². The van der Waals surface area contributed by atoms with Crippen molar-refractivity contribution >= 4 is 103 Å². The van der Waals surface area contributed by atoms with Crippen LogP contribution in [0.25, 0.3) is 0 Å². The van der Waals surface area contributed by atoms with Crippen LogP contribution in [0.2, 0.25) is 0 Å². The zero-order valence-corrected chi connectivity index (χ0v) is 26.5. The molecule has 1 aliphatic rings. The first-order valence-corrected chi connectivity index (χ1v) is 14.9. The van der Waals surface area contributed by atoms with E-state index in [0.29, 0.717) is 45.0 Å². The maximum Gasteiger partial charge on any atom is 0.387 e. The van der Waals surface area contributed by atoms with Crippen LogP contribution in [0.5, 0.6) is 11.5 Å². The van der Waals surface area contributed by atoms with Crippen molar-refractivity contribution in [3.8, 4) is 11.5 Å². The fourth-order valence-electron chi connectivity index (χ4n) is 2.96. The molecule has 1 saturated heterocycles. The summed E-state index contributed by atoms with van der Waals surface area (Å²) in [6.45, 7) is -5.25. The number of nitrogens with zero attached hydrogens (tertiary/aromatic N) is 1. The highest BCUT2D eigenvalue weighted by Crippen LogP contribution is 2.34. The van der Waals surface area contributed by atoms with E-state index in [1.807, 2.05) is 0 Å². The van der Waals surface area contributed by atoms with Crippen molar-refractivity contribution in [2.24, 2.45) is 0 Å². The second kappa shape index (κ2) is 15.6. The molecule has 0 spiro atoms. The first-order valence-electron chi connectivity index (χ1n) is 10.4. The lowest BCUT2D eigenvalue weighted by Gasteiger charge is -2.17. The normalized spacial score (nSPS) is 15.9. The van der Waals surface area contributed by atoms with Crippen LogP contribution in [0.3, 0.4) is 0 Å². The molecular formula is C22H19Br5F4N2O4. The maximum atomic E-state index is 12.2. The highest BCUT2D eigenvalue weighted by atomic mass is 79.9. The Bertz CT molecular complexity index is 1080. The monoisotopic (exact) mass is 846 g/mol. The second-order valence-electron chi connectivity index (χ2n) is 7.20. The Morgan fingerprint density at radius 3 is 2.11 bits per heavy atom. The van der Waals surface area contributed by atoms with E-state index in [0.717, 1.165) is 0 Å². The fourth-order valence-corrected chi connectivity index (χ4v) is 5.51. The summed E-state index contributed by atoms with van der Waals surface area (Å²) < 4.78 is 58.3. The number of halogens is 9. The van der Waals surface area contributed by atoms with Gasteiger partial charge in [-0.05, 0) is 69.0 Å². The summed E-state index contributed by atoms with van der Waals surface area (Å²) in [5.74, 6) is -0.321. The van der Waals surface area contributed by atoms with Crippen molar-refractivity contribution in [2.75, 3.05) is 22.1 Å². The quantitative estimate of drug-likeness (QED) is 0.205. The number of nitrogens with one attached hydrogen (secondary N) is 1. The van der Waals surface area contributed by atoms with Gasteiger partial charge in [-0.15, -0.1) is 0 Å². The number of hydrogen-bond acceptors (Lipinski definition) is 4. The molecule has 2 atom stereocenters. The molecule has 1 N–H and O–H groups in total. The van der Waals surface area contributed by atoms with E-state index in [1.165, 1.54) is 18.2 Å². The summed E-state index contributed by atoms with van der Waals surface area (Å²) in [5.41, 5.74) is 0.948. The Balaban J connectivity index is 0.000000260. The molecule has 2 aromatic carbocycles. The van der Waals surface area contributed by atoms with Crippen LogP contribution in [0.4, 0.5) is 28.9 Å². The number of anilines is 2. The smallest absolute Gasteiger partial charge is 0.387 e. The van der Waals surface area contributed by atoms with Crippen molar-refractivity contribution in [1.29, 1.82) is 0 Å². The zero-order chi connectivity index (χ0) is 27.7. The molecule has 0 bridgehead atoms. The first-order chi connectivity index (χ1) is 17.4. The summed E-state index contributed by atoms with van der Waals surface area (Å²) in [5, 5.41) is 3.29. The van der Waals surface area contributed by atoms with Gasteiger partial charge in [0.2, 0.25) is 11.8 Å². The van der Waals surface area contributed by atoms with E-state index in [4.69, 9.17) is 0 Å². The van der Waals surface area contributed by atoms with Gasteiger partial charge in [-0.2, -0.15) is 17.6 Å². The average molecular weight is 851 g/mol. The van der Waals surface area contributed by atoms with Crippen molar-refractivity contribution in [3.05, 3.63) is 45.3 Å². The van der Waals surface area contributed by atoms with Crippen molar-refractivity contribution in [1.82, 2.24) is 0 Å². The Morgan fingerprint density at radius 2 is 1.59 bits per heavy atom. The van der Waals surface area contributed by atoms with Crippen LogP contribution >= 0.6 is 79.6 Å². The molecule has 3 rings (SSSR count). The predicted molar refractivity (Wildman–Crippen MR) is 151 cm³/mol. The van der Waals surface area contributed by atoms with Gasteiger partial charge in [0.05, 0.1) is 18.6 Å². The number of benzene rings is 2. The lowest BCUT2D eigenvalue weighted by Crippen LogP contribution is -2.27. The van der Waals surface area contributed by atoms with E-state index in [9.17, 15) is 27.2 Å². The summed E-state index contributed by atoms with van der Waals surface area (Å²) in [6.07, 6.45) is 1.31. The molecule has 0 radical (unpaired) electrons. The van der Waals surface area contributed by atoms with Gasteiger partial charge < -0.3 is 19.7 Å². The van der Waals surface area contributed by atoms with Crippen molar-refractivity contribution < 1.29 is 36.6 Å². The van der Waals surface area contributed by atoms with E-state index < -0.39 is 13.2 Å². The second-order valence-corrected chi connectivity index (χ2v) is 11.9. The highest BCUT2D eigenvalue weighted by Gasteiger charge is 2.30. The van der Waals surface area contributed by atoms with Crippen LogP contribution in [-0.4, -0.2) is 46.6 Å². The molecule has 204 valence electrons. The Hall–Kier alpha value is -0.900. The lowest BCUT2D eigenvalue weighted by atomic mass is 10.2. The van der Waals surface area contributed by atoms with Gasteiger partial charge in [-0.1, -0.05) is 47.8 Å². The van der Waals surface area contributed by atoms with E-state index >= 15 is 0 Å². The minimum atomic E-state index is -2.92. The largest absolute Gasteiger partial charge is 0.434 e. The molecule has 2 amide bonds. The molecule has 2 unspecified atom stereocenters. The van der Waals surface area contributed by atoms with Crippen LogP contribution in [0, 0.1) is 0 Å². The molecule has 1 heterocycles. The van der Waals surface area contributed by atoms with Crippen LogP contribution in [0.15, 0.2) is 45.3 Å². The molecule has 1 fully saturated rings. The summed E-state index contributed by atoms with van der Waals surface area (Å²) >= 11 is 15.9. The number of hydrogen-bond donors (Lipinski definition) is 1. The third kappa shape index (κ3) is 10.3. The molecular weight excluding hydrogens is 832 g/mol. The summed E-state index contributed by atoms with van der Waals surface area (Å²) in [4.78, 5) is 24.5. The summed E-state index contributed by atoms with van der Waals surface area (Å²) in [7, 11) is 0. The zero-order valence-electron chi connectivity index (χ0n) is 18.6. The molecule has 2 aromatic rings. The fraction of sp³-hybridized carbons (Fsp3) is 0.364. The SMILES string of the molecule is O=C(Nc1ccc(Br)c(OC(F)F)c1)C(Br)CCBr.O=C1C(Br)CCN1c1ccc(Br)c(OC(F)F)c1. The van der Waals surface area contributed by atoms with Gasteiger partial charge >= 0.3 is 13.2 Å². The predicted octanol–water partition coefficient (Wildman–Crippen LogP) is 8.09. The standard InChI is InChI=1S/C11H10Br3F2NO2.C11H9Br2F2NO2/c12-4-3-8(14)10(18)17-6-1-2-7(13)9(5-6)19-11(15)16;12-7-2-1-6(5-9(7)18-11(14)15)16-4-3-8(13)10(16)17/h1-2,5,8,11H,3-4H2,(H,17,18);1-2,5,8,11H,3-4H2. The third-order valence-corrected chi connectivity index (χ3v) is 8.14. The molecule has 1 aliphatic heterocycles. The van der Waals surface area contributed by atoms with E-state index in [2.05, 4.69) is 94.4 Å². The van der Waals surface area contributed by atoms with Gasteiger partial charge in [0, 0.05) is 35.4 Å². The van der Waals surface area contributed by atoms with Crippen molar-refractivity contribution in [2.45, 2.75) is 35.7 Å². The number of carbonyl (C=O) groups is 2. The maximum absolute atomic E-state index is 12.2. The van der Waals surface area contributed by atoms with Crippen LogP contribution in [0.1, 0.15) is 12.8 Å². The first kappa shape index (κ1) is 32.3. The summed E-state index contributed by atoms with van der Waals surface area (Å²) in [6, 6.07) is 9.16. The van der Waals surface area contributed by atoms with E-state index in [-0.39, 0.29) is 33.0 Å². The Labute approximate surface area is 252 Å². The van der Waals surface area contributed by atoms with Gasteiger partial charge in [0.25, 0.3) is 0 Å². The molecule has 37 heavy (non-hydrogen) atoms. The number of rotatable bonds is 9. The number of alkyl halides is 7. The molecule has 0 aliphatic carbocycles. The van der Waals surface area contributed by atoms with Crippen LogP contribution in [-0.2, 0) is 9.59 Å². The Morgan fingerprint density at radius 1 is 1.03 bits per heavy atom. The number of ether oxygens (including phenoxy) is 2. The minimum Gasteiger partial charge on any atom is -0.434 e.